The lowest BCUT2D eigenvalue weighted by molar-refractivity contribution is 0.112. The van der Waals surface area contributed by atoms with E-state index in [1.807, 2.05) is 6.20 Å². The van der Waals surface area contributed by atoms with E-state index < -0.39 is 0 Å². The molecule has 0 bridgehead atoms. The van der Waals surface area contributed by atoms with Crippen molar-refractivity contribution in [1.29, 1.82) is 0 Å². The molecule has 0 aromatic carbocycles. The predicted molar refractivity (Wildman–Crippen MR) is 57.7 cm³/mol. The lowest BCUT2D eigenvalue weighted by Crippen LogP contribution is -2.02. The number of aryl methyl sites for hydroxylation is 1. The van der Waals surface area contributed by atoms with Gasteiger partial charge in [-0.1, -0.05) is 27.2 Å². The monoisotopic (exact) mass is 191 g/mol. The molecule has 0 radical (unpaired) electrons. The van der Waals surface area contributed by atoms with Crippen LogP contribution in [0.3, 0.4) is 0 Å². The normalized spacial score (nSPS) is 10.6. The molecule has 0 unspecified atom stereocenters. The van der Waals surface area contributed by atoms with E-state index in [4.69, 9.17) is 0 Å². The topological polar surface area (TPSA) is 30.0 Å². The number of pyridine rings is 1. The summed E-state index contributed by atoms with van der Waals surface area (Å²) in [6, 6.07) is 0. The average Bonchev–Trinajstić information content (AvgIpc) is 2.17. The minimum Gasteiger partial charge on any atom is -0.298 e. The van der Waals surface area contributed by atoms with Crippen LogP contribution in [0.4, 0.5) is 0 Å². The van der Waals surface area contributed by atoms with E-state index in [0.717, 1.165) is 30.3 Å². The molecule has 1 heterocycles. The summed E-state index contributed by atoms with van der Waals surface area (Å²) in [6.45, 7) is 6.36. The van der Waals surface area contributed by atoms with Gasteiger partial charge in [-0.15, -0.1) is 0 Å². The lowest BCUT2D eigenvalue weighted by atomic mass is 9.93. The minimum absolute atomic E-state index is 0.389. The standard InChI is InChI=1S/C12H17NO/c1-4-5-10-6-13-7-11(8-14)12(10)9(2)3/h6-9H,4-5H2,1-3H3. The summed E-state index contributed by atoms with van der Waals surface area (Å²) in [5.41, 5.74) is 3.12. The molecule has 0 spiro atoms. The first-order chi connectivity index (χ1) is 6.70. The zero-order valence-corrected chi connectivity index (χ0v) is 9.08. The highest BCUT2D eigenvalue weighted by molar-refractivity contribution is 5.77. The molecule has 0 saturated heterocycles. The fourth-order valence-electron chi connectivity index (χ4n) is 1.80. The first kappa shape index (κ1) is 10.9. The number of aromatic nitrogens is 1. The molecule has 0 aliphatic carbocycles. The third-order valence-corrected chi connectivity index (χ3v) is 2.32. The highest BCUT2D eigenvalue weighted by Crippen LogP contribution is 2.22. The number of hydrogen-bond acceptors (Lipinski definition) is 2. The first-order valence-corrected chi connectivity index (χ1v) is 5.12. The molecule has 1 aromatic rings. The Bertz CT molecular complexity index is 318. The third-order valence-electron chi connectivity index (χ3n) is 2.32. The van der Waals surface area contributed by atoms with Gasteiger partial charge in [0.25, 0.3) is 0 Å². The second-order valence-electron chi connectivity index (χ2n) is 3.82. The second-order valence-corrected chi connectivity index (χ2v) is 3.82. The van der Waals surface area contributed by atoms with Crippen LogP contribution in [0.5, 0.6) is 0 Å². The first-order valence-electron chi connectivity index (χ1n) is 5.12. The number of carbonyl (C=O) groups is 1. The maximum absolute atomic E-state index is 10.8. The van der Waals surface area contributed by atoms with E-state index in [0.29, 0.717) is 5.92 Å². The van der Waals surface area contributed by atoms with Crippen LogP contribution >= 0.6 is 0 Å². The van der Waals surface area contributed by atoms with Crippen molar-refractivity contribution in [1.82, 2.24) is 4.98 Å². The van der Waals surface area contributed by atoms with Gasteiger partial charge in [0.05, 0.1) is 0 Å². The summed E-state index contributed by atoms with van der Waals surface area (Å²) in [5, 5.41) is 0. The molecular weight excluding hydrogens is 174 g/mol. The summed E-state index contributed by atoms with van der Waals surface area (Å²) in [4.78, 5) is 14.9. The van der Waals surface area contributed by atoms with Crippen LogP contribution in [-0.2, 0) is 6.42 Å². The van der Waals surface area contributed by atoms with Gasteiger partial charge in [-0.05, 0) is 23.5 Å². The Kier molecular flexibility index (Phi) is 3.81. The van der Waals surface area contributed by atoms with Crippen molar-refractivity contribution in [2.24, 2.45) is 0 Å². The van der Waals surface area contributed by atoms with Crippen molar-refractivity contribution in [3.8, 4) is 0 Å². The van der Waals surface area contributed by atoms with Gasteiger partial charge in [0.1, 0.15) is 0 Å². The fraction of sp³-hybridized carbons (Fsp3) is 0.500. The molecule has 0 N–H and O–H groups in total. The van der Waals surface area contributed by atoms with Crippen LogP contribution in [0.2, 0.25) is 0 Å². The minimum atomic E-state index is 0.389. The molecule has 0 aliphatic heterocycles. The zero-order valence-electron chi connectivity index (χ0n) is 9.08. The quantitative estimate of drug-likeness (QED) is 0.685. The van der Waals surface area contributed by atoms with Gasteiger partial charge >= 0.3 is 0 Å². The van der Waals surface area contributed by atoms with Crippen LogP contribution in [-0.4, -0.2) is 11.3 Å². The fourth-order valence-corrected chi connectivity index (χ4v) is 1.80. The molecule has 1 aromatic heterocycles. The maximum atomic E-state index is 10.8. The highest BCUT2D eigenvalue weighted by Gasteiger charge is 2.11. The predicted octanol–water partition coefficient (Wildman–Crippen LogP) is 2.97. The van der Waals surface area contributed by atoms with Gasteiger partial charge in [0.15, 0.2) is 6.29 Å². The Morgan fingerprint density at radius 3 is 2.64 bits per heavy atom. The number of aldehydes is 1. The summed E-state index contributed by atoms with van der Waals surface area (Å²) >= 11 is 0. The van der Waals surface area contributed by atoms with E-state index in [1.165, 1.54) is 5.56 Å². The summed E-state index contributed by atoms with van der Waals surface area (Å²) < 4.78 is 0. The van der Waals surface area contributed by atoms with E-state index >= 15 is 0 Å². The summed E-state index contributed by atoms with van der Waals surface area (Å²) in [7, 11) is 0. The van der Waals surface area contributed by atoms with Crippen LogP contribution in [0.1, 0.15) is 54.6 Å². The third kappa shape index (κ3) is 2.19. The Balaban J connectivity index is 3.20. The number of rotatable bonds is 4. The molecule has 2 nitrogen and oxygen atoms in total. The van der Waals surface area contributed by atoms with Gasteiger partial charge in [-0.25, -0.2) is 0 Å². The molecule has 14 heavy (non-hydrogen) atoms. The van der Waals surface area contributed by atoms with E-state index in [2.05, 4.69) is 25.8 Å². The molecule has 0 saturated carbocycles. The second kappa shape index (κ2) is 4.89. The van der Waals surface area contributed by atoms with Gasteiger partial charge in [0, 0.05) is 18.0 Å². The number of hydrogen-bond donors (Lipinski definition) is 0. The van der Waals surface area contributed by atoms with Gasteiger partial charge < -0.3 is 0 Å². The Labute approximate surface area is 85.4 Å². The van der Waals surface area contributed by atoms with E-state index in [1.54, 1.807) is 6.20 Å². The van der Waals surface area contributed by atoms with Gasteiger partial charge in [-0.3, -0.25) is 9.78 Å². The highest BCUT2D eigenvalue weighted by atomic mass is 16.1. The van der Waals surface area contributed by atoms with Crippen molar-refractivity contribution in [3.63, 3.8) is 0 Å². The molecule has 0 atom stereocenters. The van der Waals surface area contributed by atoms with E-state index in [-0.39, 0.29) is 0 Å². The molecule has 0 amide bonds. The summed E-state index contributed by atoms with van der Waals surface area (Å²) in [6.07, 6.45) is 6.53. The molecule has 0 aliphatic rings. The molecule has 76 valence electrons. The van der Waals surface area contributed by atoms with Crippen molar-refractivity contribution in [2.45, 2.75) is 39.5 Å². The maximum Gasteiger partial charge on any atom is 0.151 e. The molecule has 1 rings (SSSR count). The van der Waals surface area contributed by atoms with Crippen LogP contribution in [0.15, 0.2) is 12.4 Å². The Morgan fingerprint density at radius 2 is 2.14 bits per heavy atom. The Morgan fingerprint density at radius 1 is 1.43 bits per heavy atom. The van der Waals surface area contributed by atoms with Crippen LogP contribution < -0.4 is 0 Å². The van der Waals surface area contributed by atoms with E-state index in [9.17, 15) is 4.79 Å². The van der Waals surface area contributed by atoms with Crippen molar-refractivity contribution in [3.05, 3.63) is 29.1 Å². The lowest BCUT2D eigenvalue weighted by Gasteiger charge is -2.13. The SMILES string of the molecule is CCCc1cncc(C=O)c1C(C)C. The van der Waals surface area contributed by atoms with Crippen LogP contribution in [0.25, 0.3) is 0 Å². The van der Waals surface area contributed by atoms with Crippen LogP contribution in [0, 0.1) is 0 Å². The Hall–Kier alpha value is -1.18. The molecular formula is C12H17NO. The van der Waals surface area contributed by atoms with Crippen molar-refractivity contribution < 1.29 is 4.79 Å². The molecule has 0 fully saturated rings. The molecule has 2 heteroatoms. The smallest absolute Gasteiger partial charge is 0.151 e. The average molecular weight is 191 g/mol. The van der Waals surface area contributed by atoms with Gasteiger partial charge in [-0.2, -0.15) is 0 Å². The summed E-state index contributed by atoms with van der Waals surface area (Å²) in [5.74, 6) is 0.389. The van der Waals surface area contributed by atoms with Crippen molar-refractivity contribution >= 4 is 6.29 Å². The van der Waals surface area contributed by atoms with Crippen molar-refractivity contribution in [2.75, 3.05) is 0 Å². The largest absolute Gasteiger partial charge is 0.298 e. The zero-order chi connectivity index (χ0) is 10.6. The number of carbonyl (C=O) groups excluding carboxylic acids is 1. The number of nitrogens with zero attached hydrogens (tertiary/aromatic N) is 1. The van der Waals surface area contributed by atoms with Gasteiger partial charge in [0.2, 0.25) is 0 Å².